The van der Waals surface area contributed by atoms with Gasteiger partial charge in [0.05, 0.1) is 6.54 Å². The number of carbonyl (C=O) groups is 1. The van der Waals surface area contributed by atoms with Crippen molar-refractivity contribution in [3.63, 3.8) is 0 Å². The normalized spacial score (nSPS) is 19.0. The lowest BCUT2D eigenvalue weighted by molar-refractivity contribution is 0.174. The average Bonchev–Trinajstić information content (AvgIpc) is 3.28. The third-order valence-electron chi connectivity index (χ3n) is 3.73. The fraction of sp³-hybridized carbons (Fsp3) is 0.333. The molecule has 8 heteroatoms. The van der Waals surface area contributed by atoms with Gasteiger partial charge in [-0.15, -0.1) is 0 Å². The Morgan fingerprint density at radius 3 is 3.17 bits per heavy atom. The highest BCUT2D eigenvalue weighted by Gasteiger charge is 2.28. The molecule has 7 nitrogen and oxygen atoms in total. The summed E-state index contributed by atoms with van der Waals surface area (Å²) in [6, 6.07) is 5.20. The van der Waals surface area contributed by atoms with E-state index < -0.39 is 0 Å². The molecule has 2 amide bonds. The number of carbonyl (C=O) groups excluding carboxylic acids is 1. The lowest BCUT2D eigenvalue weighted by atomic mass is 10.3. The van der Waals surface area contributed by atoms with E-state index in [9.17, 15) is 4.79 Å². The number of hydrogen-bond acceptors (Lipinski definition) is 6. The van der Waals surface area contributed by atoms with E-state index in [0.29, 0.717) is 35.5 Å². The van der Waals surface area contributed by atoms with Gasteiger partial charge in [-0.25, -0.2) is 9.78 Å². The Morgan fingerprint density at radius 2 is 2.30 bits per heavy atom. The third-order valence-corrected chi connectivity index (χ3v) is 4.39. The molecule has 2 aliphatic heterocycles. The predicted octanol–water partition coefficient (Wildman–Crippen LogP) is 2.56. The van der Waals surface area contributed by atoms with Gasteiger partial charge in [0.25, 0.3) is 5.19 Å². The van der Waals surface area contributed by atoms with Gasteiger partial charge < -0.3 is 24.4 Å². The number of thiazole rings is 1. The van der Waals surface area contributed by atoms with Crippen LogP contribution in [-0.4, -0.2) is 41.9 Å². The SMILES string of the molecule is O=C(Nc1ccc2c(c1)OCO2)N1CCC(Oc2nccs2)C1. The molecule has 0 saturated carbocycles. The predicted molar refractivity (Wildman–Crippen MR) is 84.3 cm³/mol. The fourth-order valence-electron chi connectivity index (χ4n) is 2.60. The van der Waals surface area contributed by atoms with Crippen molar-refractivity contribution in [3.05, 3.63) is 29.8 Å². The van der Waals surface area contributed by atoms with Crippen LogP contribution in [0.2, 0.25) is 0 Å². The van der Waals surface area contributed by atoms with Crippen molar-refractivity contribution in [1.82, 2.24) is 9.88 Å². The minimum atomic E-state index is -0.144. The van der Waals surface area contributed by atoms with Crippen molar-refractivity contribution in [3.8, 4) is 16.7 Å². The van der Waals surface area contributed by atoms with Crippen molar-refractivity contribution < 1.29 is 19.0 Å². The molecule has 1 aromatic carbocycles. The highest BCUT2D eigenvalue weighted by atomic mass is 32.1. The van der Waals surface area contributed by atoms with Crippen molar-refractivity contribution in [2.45, 2.75) is 12.5 Å². The second-order valence-electron chi connectivity index (χ2n) is 5.27. The van der Waals surface area contributed by atoms with Crippen LogP contribution in [0.4, 0.5) is 10.5 Å². The van der Waals surface area contributed by atoms with Gasteiger partial charge in [-0.3, -0.25) is 0 Å². The summed E-state index contributed by atoms with van der Waals surface area (Å²) in [6.07, 6.45) is 2.50. The highest BCUT2D eigenvalue weighted by molar-refractivity contribution is 7.11. The molecule has 1 fully saturated rings. The molecule has 1 aromatic heterocycles. The fourth-order valence-corrected chi connectivity index (χ4v) is 3.15. The second kappa shape index (κ2) is 5.96. The van der Waals surface area contributed by atoms with Crippen LogP contribution in [0.5, 0.6) is 16.7 Å². The van der Waals surface area contributed by atoms with Crippen LogP contribution in [0.25, 0.3) is 0 Å². The highest BCUT2D eigenvalue weighted by Crippen LogP contribution is 2.34. The second-order valence-corrected chi connectivity index (χ2v) is 6.13. The molecule has 0 aliphatic carbocycles. The van der Waals surface area contributed by atoms with Gasteiger partial charge in [-0.1, -0.05) is 11.3 Å². The number of urea groups is 1. The van der Waals surface area contributed by atoms with Gasteiger partial charge in [0.1, 0.15) is 6.10 Å². The largest absolute Gasteiger partial charge is 0.465 e. The molecule has 4 rings (SSSR count). The molecule has 23 heavy (non-hydrogen) atoms. The lowest BCUT2D eigenvalue weighted by Crippen LogP contribution is -2.34. The van der Waals surface area contributed by atoms with E-state index in [1.54, 1.807) is 29.3 Å². The van der Waals surface area contributed by atoms with Crippen LogP contribution < -0.4 is 19.5 Å². The summed E-state index contributed by atoms with van der Waals surface area (Å²) in [5.41, 5.74) is 0.684. The number of fused-ring (bicyclic) bond motifs is 1. The number of aromatic nitrogens is 1. The number of hydrogen-bond donors (Lipinski definition) is 1. The Labute approximate surface area is 136 Å². The molecular formula is C15H15N3O4S. The first kappa shape index (κ1) is 14.1. The van der Waals surface area contributed by atoms with Crippen LogP contribution in [0.1, 0.15) is 6.42 Å². The number of nitrogens with one attached hydrogen (secondary N) is 1. The van der Waals surface area contributed by atoms with Gasteiger partial charge in [-0.05, 0) is 12.1 Å². The number of anilines is 1. The molecule has 1 saturated heterocycles. The summed E-state index contributed by atoms with van der Waals surface area (Å²) >= 11 is 1.46. The Bertz CT molecular complexity index is 707. The summed E-state index contributed by atoms with van der Waals surface area (Å²) < 4.78 is 16.3. The molecule has 0 bridgehead atoms. The van der Waals surface area contributed by atoms with Crippen molar-refractivity contribution >= 4 is 23.1 Å². The number of likely N-dealkylation sites (tertiary alicyclic amines) is 1. The first-order chi connectivity index (χ1) is 11.3. The molecule has 1 N–H and O–H groups in total. The van der Waals surface area contributed by atoms with Crippen molar-refractivity contribution in [2.75, 3.05) is 25.2 Å². The van der Waals surface area contributed by atoms with E-state index in [1.807, 2.05) is 5.38 Å². The van der Waals surface area contributed by atoms with E-state index in [2.05, 4.69) is 10.3 Å². The summed E-state index contributed by atoms with van der Waals surface area (Å²) in [7, 11) is 0. The maximum Gasteiger partial charge on any atom is 0.321 e. The molecule has 1 atom stereocenters. The van der Waals surface area contributed by atoms with Gasteiger partial charge >= 0.3 is 6.03 Å². The molecule has 0 radical (unpaired) electrons. The number of benzene rings is 1. The Hall–Kier alpha value is -2.48. The minimum absolute atomic E-state index is 0.0105. The van der Waals surface area contributed by atoms with E-state index in [0.717, 1.165) is 6.42 Å². The quantitative estimate of drug-likeness (QED) is 0.934. The van der Waals surface area contributed by atoms with Gasteiger partial charge in [0.2, 0.25) is 6.79 Å². The lowest BCUT2D eigenvalue weighted by Gasteiger charge is -2.17. The number of amides is 2. The molecule has 3 heterocycles. The molecular weight excluding hydrogens is 318 g/mol. The molecule has 0 spiro atoms. The van der Waals surface area contributed by atoms with Crippen LogP contribution >= 0.6 is 11.3 Å². The summed E-state index contributed by atoms with van der Waals surface area (Å²) in [4.78, 5) is 18.2. The standard InChI is InChI=1S/C15H15N3O4S/c19-14(17-10-1-2-12-13(7-10)21-9-20-12)18-5-3-11(8-18)22-15-16-4-6-23-15/h1-2,4,6-7,11H,3,5,8-9H2,(H,17,19). The Kier molecular flexibility index (Phi) is 3.66. The van der Waals surface area contributed by atoms with Crippen molar-refractivity contribution in [2.24, 2.45) is 0 Å². The van der Waals surface area contributed by atoms with Crippen LogP contribution in [0.3, 0.4) is 0 Å². The third kappa shape index (κ3) is 3.02. The average molecular weight is 333 g/mol. The summed E-state index contributed by atoms with van der Waals surface area (Å²) in [5, 5.41) is 5.39. The number of nitrogens with zero attached hydrogens (tertiary/aromatic N) is 2. The van der Waals surface area contributed by atoms with Crippen LogP contribution in [0, 0.1) is 0 Å². The van der Waals surface area contributed by atoms with E-state index in [1.165, 1.54) is 11.3 Å². The Morgan fingerprint density at radius 1 is 1.39 bits per heavy atom. The zero-order chi connectivity index (χ0) is 15.6. The van der Waals surface area contributed by atoms with Crippen molar-refractivity contribution in [1.29, 1.82) is 0 Å². The monoisotopic (exact) mass is 333 g/mol. The minimum Gasteiger partial charge on any atom is -0.465 e. The van der Waals surface area contributed by atoms with E-state index in [-0.39, 0.29) is 18.9 Å². The molecule has 2 aromatic rings. The summed E-state index contributed by atoms with van der Waals surface area (Å²) in [6.45, 7) is 1.43. The van der Waals surface area contributed by atoms with Crippen LogP contribution in [-0.2, 0) is 0 Å². The smallest absolute Gasteiger partial charge is 0.321 e. The van der Waals surface area contributed by atoms with E-state index in [4.69, 9.17) is 14.2 Å². The zero-order valence-corrected chi connectivity index (χ0v) is 13.0. The maximum atomic E-state index is 12.3. The van der Waals surface area contributed by atoms with Gasteiger partial charge in [-0.2, -0.15) is 0 Å². The first-order valence-corrected chi connectivity index (χ1v) is 8.17. The topological polar surface area (TPSA) is 72.9 Å². The number of ether oxygens (including phenoxy) is 3. The van der Waals surface area contributed by atoms with E-state index >= 15 is 0 Å². The first-order valence-electron chi connectivity index (χ1n) is 7.30. The zero-order valence-electron chi connectivity index (χ0n) is 12.2. The Balaban J connectivity index is 1.34. The number of rotatable bonds is 3. The molecule has 120 valence electrons. The van der Waals surface area contributed by atoms with Crippen LogP contribution in [0.15, 0.2) is 29.8 Å². The van der Waals surface area contributed by atoms with Gasteiger partial charge in [0, 0.05) is 36.3 Å². The maximum absolute atomic E-state index is 12.3. The molecule has 2 aliphatic rings. The summed E-state index contributed by atoms with van der Waals surface area (Å²) in [5.74, 6) is 1.34. The van der Waals surface area contributed by atoms with Gasteiger partial charge in [0.15, 0.2) is 11.5 Å². The molecule has 1 unspecified atom stereocenters.